The van der Waals surface area contributed by atoms with Crippen molar-refractivity contribution in [2.24, 2.45) is 17.8 Å². The number of carbonyl (C=O) groups excluding carboxylic acids is 1. The molecule has 1 aliphatic rings. The van der Waals surface area contributed by atoms with Crippen LogP contribution in [0.5, 0.6) is 0 Å². The minimum absolute atomic E-state index is 0.354. The number of rotatable bonds is 7. The Morgan fingerprint density at radius 2 is 1.77 bits per heavy atom. The standard InChI is InChI=1S/C20H31NO/c1-15(2)9-8-12-19(22)21-13-18(14-21)20(16(3)4)17-10-6-5-7-11-17/h5-7,10-11,15-16,18,20H,8-9,12-14H2,1-4H3/t20-/m1/s1. The maximum absolute atomic E-state index is 12.2. The molecule has 1 fully saturated rings. The quantitative estimate of drug-likeness (QED) is 0.714. The number of hydrogen-bond donors (Lipinski definition) is 0. The van der Waals surface area contributed by atoms with Crippen LogP contribution in [0, 0.1) is 17.8 Å². The van der Waals surface area contributed by atoms with E-state index in [9.17, 15) is 4.79 Å². The van der Waals surface area contributed by atoms with Gasteiger partial charge >= 0.3 is 0 Å². The molecule has 0 unspecified atom stereocenters. The lowest BCUT2D eigenvalue weighted by Crippen LogP contribution is -2.52. The molecule has 2 nitrogen and oxygen atoms in total. The van der Waals surface area contributed by atoms with Crippen LogP contribution in [0.4, 0.5) is 0 Å². The van der Waals surface area contributed by atoms with Crippen LogP contribution >= 0.6 is 0 Å². The van der Waals surface area contributed by atoms with E-state index in [2.05, 4.69) is 62.9 Å². The monoisotopic (exact) mass is 301 g/mol. The van der Waals surface area contributed by atoms with Crippen LogP contribution in [-0.4, -0.2) is 23.9 Å². The lowest BCUT2D eigenvalue weighted by molar-refractivity contribution is -0.138. The van der Waals surface area contributed by atoms with Gasteiger partial charge in [0.2, 0.25) is 5.91 Å². The van der Waals surface area contributed by atoms with Crippen LogP contribution in [0.25, 0.3) is 0 Å². The average molecular weight is 301 g/mol. The first-order valence-corrected chi connectivity index (χ1v) is 8.81. The van der Waals surface area contributed by atoms with Crippen LogP contribution in [-0.2, 0) is 4.79 Å². The molecule has 0 spiro atoms. The molecule has 0 aromatic heterocycles. The van der Waals surface area contributed by atoms with Crippen molar-refractivity contribution in [3.63, 3.8) is 0 Å². The van der Waals surface area contributed by atoms with Gasteiger partial charge in [0.05, 0.1) is 0 Å². The van der Waals surface area contributed by atoms with E-state index in [0.717, 1.165) is 32.4 Å². The molecule has 0 bridgehead atoms. The highest BCUT2D eigenvalue weighted by Gasteiger charge is 2.37. The molecular weight excluding hydrogens is 270 g/mol. The molecule has 122 valence electrons. The molecule has 2 rings (SSSR count). The first-order valence-electron chi connectivity index (χ1n) is 8.81. The van der Waals surface area contributed by atoms with E-state index in [-0.39, 0.29) is 0 Å². The van der Waals surface area contributed by atoms with Crippen molar-refractivity contribution < 1.29 is 4.79 Å². The minimum atomic E-state index is 0.354. The fourth-order valence-electron chi connectivity index (χ4n) is 3.64. The van der Waals surface area contributed by atoms with E-state index in [1.54, 1.807) is 0 Å². The fourth-order valence-corrected chi connectivity index (χ4v) is 3.64. The van der Waals surface area contributed by atoms with Gasteiger partial charge < -0.3 is 4.90 Å². The predicted octanol–water partition coefficient (Wildman–Crippen LogP) is 4.71. The first kappa shape index (κ1) is 17.1. The summed E-state index contributed by atoms with van der Waals surface area (Å²) in [6.07, 6.45) is 2.91. The normalized spacial score (nSPS) is 16.9. The molecule has 22 heavy (non-hydrogen) atoms. The van der Waals surface area contributed by atoms with Gasteiger partial charge in [0, 0.05) is 25.4 Å². The Kier molecular flexibility index (Phi) is 6.05. The molecule has 0 aliphatic carbocycles. The highest BCUT2D eigenvalue weighted by atomic mass is 16.2. The number of hydrogen-bond acceptors (Lipinski definition) is 1. The third kappa shape index (κ3) is 4.34. The van der Waals surface area contributed by atoms with Crippen molar-refractivity contribution in [3.05, 3.63) is 35.9 Å². The molecule has 0 saturated carbocycles. The van der Waals surface area contributed by atoms with Crippen LogP contribution in [0.2, 0.25) is 0 Å². The summed E-state index contributed by atoms with van der Waals surface area (Å²) in [7, 11) is 0. The van der Waals surface area contributed by atoms with Gasteiger partial charge in [0.25, 0.3) is 0 Å². The van der Waals surface area contributed by atoms with Crippen molar-refractivity contribution in [2.75, 3.05) is 13.1 Å². The van der Waals surface area contributed by atoms with Gasteiger partial charge in [-0.3, -0.25) is 4.79 Å². The Bertz CT molecular complexity index is 460. The summed E-state index contributed by atoms with van der Waals surface area (Å²) in [4.78, 5) is 14.3. The minimum Gasteiger partial charge on any atom is -0.342 e. The largest absolute Gasteiger partial charge is 0.342 e. The lowest BCUT2D eigenvalue weighted by Gasteiger charge is -2.45. The highest BCUT2D eigenvalue weighted by Crippen LogP contribution is 2.37. The first-order chi connectivity index (χ1) is 10.5. The number of nitrogens with zero attached hydrogens (tertiary/aromatic N) is 1. The Morgan fingerprint density at radius 3 is 2.32 bits per heavy atom. The van der Waals surface area contributed by atoms with Crippen LogP contribution in [0.1, 0.15) is 58.4 Å². The maximum Gasteiger partial charge on any atom is 0.222 e. The van der Waals surface area contributed by atoms with Crippen molar-refractivity contribution in [3.8, 4) is 0 Å². The van der Waals surface area contributed by atoms with Crippen molar-refractivity contribution in [1.82, 2.24) is 4.90 Å². The smallest absolute Gasteiger partial charge is 0.222 e. The second-order valence-corrected chi connectivity index (χ2v) is 7.53. The molecule has 0 radical (unpaired) electrons. The van der Waals surface area contributed by atoms with Gasteiger partial charge in [-0.2, -0.15) is 0 Å². The van der Waals surface area contributed by atoms with E-state index in [4.69, 9.17) is 0 Å². The van der Waals surface area contributed by atoms with Crippen molar-refractivity contribution >= 4 is 5.91 Å². The summed E-state index contributed by atoms with van der Waals surface area (Å²) < 4.78 is 0. The predicted molar refractivity (Wildman–Crippen MR) is 92.8 cm³/mol. The van der Waals surface area contributed by atoms with E-state index in [1.807, 2.05) is 0 Å². The molecule has 1 aromatic rings. The summed E-state index contributed by atoms with van der Waals surface area (Å²) in [6, 6.07) is 10.8. The number of likely N-dealkylation sites (tertiary alicyclic amines) is 1. The van der Waals surface area contributed by atoms with Gasteiger partial charge in [0.15, 0.2) is 0 Å². The molecule has 1 aliphatic heterocycles. The Labute approximate surface area is 135 Å². The Morgan fingerprint density at radius 1 is 1.14 bits per heavy atom. The Balaban J connectivity index is 1.85. The highest BCUT2D eigenvalue weighted by molar-refractivity contribution is 5.77. The van der Waals surface area contributed by atoms with Crippen LogP contribution in [0.3, 0.4) is 0 Å². The Hall–Kier alpha value is -1.31. The molecule has 1 heterocycles. The van der Waals surface area contributed by atoms with E-state index < -0.39 is 0 Å². The van der Waals surface area contributed by atoms with Gasteiger partial charge in [-0.25, -0.2) is 0 Å². The zero-order valence-electron chi connectivity index (χ0n) is 14.6. The van der Waals surface area contributed by atoms with E-state index in [0.29, 0.717) is 29.6 Å². The second kappa shape index (κ2) is 7.80. The van der Waals surface area contributed by atoms with E-state index >= 15 is 0 Å². The molecule has 1 atom stereocenters. The summed E-state index contributed by atoms with van der Waals surface area (Å²) in [5.74, 6) is 2.86. The SMILES string of the molecule is CC(C)CCCC(=O)N1CC([C@@H](c2ccccc2)C(C)C)C1. The fraction of sp³-hybridized carbons (Fsp3) is 0.650. The molecule has 2 heteroatoms. The summed E-state index contributed by atoms with van der Waals surface area (Å²) in [5, 5.41) is 0. The maximum atomic E-state index is 12.2. The summed E-state index contributed by atoms with van der Waals surface area (Å²) in [5.41, 5.74) is 1.43. The lowest BCUT2D eigenvalue weighted by atomic mass is 9.74. The average Bonchev–Trinajstić information content (AvgIpc) is 2.42. The van der Waals surface area contributed by atoms with Gasteiger partial charge in [-0.15, -0.1) is 0 Å². The van der Waals surface area contributed by atoms with Crippen molar-refractivity contribution in [2.45, 2.75) is 52.9 Å². The van der Waals surface area contributed by atoms with Gasteiger partial charge in [0.1, 0.15) is 0 Å². The van der Waals surface area contributed by atoms with E-state index in [1.165, 1.54) is 5.56 Å². The van der Waals surface area contributed by atoms with Gasteiger partial charge in [-0.05, 0) is 29.7 Å². The number of amides is 1. The third-order valence-corrected chi connectivity index (χ3v) is 4.85. The molecule has 0 N–H and O–H groups in total. The topological polar surface area (TPSA) is 20.3 Å². The molecule has 1 saturated heterocycles. The summed E-state index contributed by atoms with van der Waals surface area (Å²) in [6.45, 7) is 10.9. The van der Waals surface area contributed by atoms with Crippen LogP contribution < -0.4 is 0 Å². The molecular formula is C20H31NO. The molecule has 1 amide bonds. The zero-order valence-corrected chi connectivity index (χ0v) is 14.6. The van der Waals surface area contributed by atoms with Crippen molar-refractivity contribution in [1.29, 1.82) is 0 Å². The van der Waals surface area contributed by atoms with Gasteiger partial charge in [-0.1, -0.05) is 64.4 Å². The molecule has 1 aromatic carbocycles. The number of carbonyl (C=O) groups is 1. The van der Waals surface area contributed by atoms with Crippen LogP contribution in [0.15, 0.2) is 30.3 Å². The summed E-state index contributed by atoms with van der Waals surface area (Å²) >= 11 is 0. The number of benzene rings is 1. The zero-order chi connectivity index (χ0) is 16.1. The second-order valence-electron chi connectivity index (χ2n) is 7.53. The third-order valence-electron chi connectivity index (χ3n) is 4.85.